The summed E-state index contributed by atoms with van der Waals surface area (Å²) >= 11 is 2.25. The Morgan fingerprint density at radius 2 is 2.07 bits per heavy atom. The molecule has 1 aromatic carbocycles. The fraction of sp³-hybridized carbons (Fsp3) is 0.462. The molecule has 0 radical (unpaired) electrons. The van der Waals surface area contributed by atoms with Gasteiger partial charge in [-0.25, -0.2) is 0 Å². The van der Waals surface area contributed by atoms with Crippen molar-refractivity contribution < 1.29 is 4.79 Å². The lowest BCUT2D eigenvalue weighted by atomic mass is 9.97. The summed E-state index contributed by atoms with van der Waals surface area (Å²) in [5.41, 5.74) is 0.883. The third-order valence-corrected chi connectivity index (χ3v) is 3.77. The maximum atomic E-state index is 11.9. The zero-order valence-corrected chi connectivity index (χ0v) is 10.9. The summed E-state index contributed by atoms with van der Waals surface area (Å²) in [6, 6.07) is 7.90. The summed E-state index contributed by atoms with van der Waals surface area (Å²) in [4.78, 5) is 11.9. The van der Waals surface area contributed by atoms with Gasteiger partial charge < -0.3 is 0 Å². The van der Waals surface area contributed by atoms with Crippen LogP contribution in [0.15, 0.2) is 24.3 Å². The highest BCUT2D eigenvalue weighted by atomic mass is 127. The predicted molar refractivity (Wildman–Crippen MR) is 70.1 cm³/mol. The number of hydrogen-bond donors (Lipinski definition) is 0. The highest BCUT2D eigenvalue weighted by Crippen LogP contribution is 2.28. The first-order valence-corrected chi connectivity index (χ1v) is 6.62. The van der Waals surface area contributed by atoms with Crippen molar-refractivity contribution in [3.63, 3.8) is 0 Å². The van der Waals surface area contributed by atoms with Gasteiger partial charge in [0.25, 0.3) is 0 Å². The predicted octanol–water partition coefficient (Wildman–Crippen LogP) is 4.05. The van der Waals surface area contributed by atoms with Crippen molar-refractivity contribution >= 4 is 28.4 Å². The van der Waals surface area contributed by atoms with Gasteiger partial charge in [-0.2, -0.15) is 0 Å². The Balaban J connectivity index is 2.01. The van der Waals surface area contributed by atoms with Crippen LogP contribution in [0.2, 0.25) is 0 Å². The molecule has 1 aliphatic rings. The van der Waals surface area contributed by atoms with Gasteiger partial charge >= 0.3 is 0 Å². The molecule has 2 rings (SSSR count). The SMILES string of the molecule is O=C(CC1CCCC1)c1cccc(I)c1. The van der Waals surface area contributed by atoms with Crippen LogP contribution in [-0.2, 0) is 0 Å². The van der Waals surface area contributed by atoms with Crippen molar-refractivity contribution in [2.45, 2.75) is 32.1 Å². The number of Topliss-reactive ketones (excluding diaryl/α,β-unsaturated/α-hetero) is 1. The van der Waals surface area contributed by atoms with E-state index in [0.717, 1.165) is 15.6 Å². The van der Waals surface area contributed by atoms with Gasteiger partial charge in [-0.15, -0.1) is 0 Å². The molecule has 1 aromatic rings. The van der Waals surface area contributed by atoms with Crippen LogP contribution in [0.25, 0.3) is 0 Å². The number of carbonyl (C=O) groups is 1. The van der Waals surface area contributed by atoms with E-state index in [-0.39, 0.29) is 0 Å². The highest BCUT2D eigenvalue weighted by Gasteiger charge is 2.19. The van der Waals surface area contributed by atoms with E-state index in [1.165, 1.54) is 25.7 Å². The normalized spacial score (nSPS) is 16.9. The Hall–Kier alpha value is -0.380. The van der Waals surface area contributed by atoms with Crippen LogP contribution < -0.4 is 0 Å². The average molecular weight is 314 g/mol. The molecule has 0 N–H and O–H groups in total. The van der Waals surface area contributed by atoms with Crippen molar-refractivity contribution in [2.24, 2.45) is 5.92 Å². The summed E-state index contributed by atoms with van der Waals surface area (Å²) < 4.78 is 1.14. The number of halogens is 1. The van der Waals surface area contributed by atoms with Crippen LogP contribution >= 0.6 is 22.6 Å². The van der Waals surface area contributed by atoms with Crippen molar-refractivity contribution in [3.8, 4) is 0 Å². The Morgan fingerprint density at radius 1 is 1.33 bits per heavy atom. The Kier molecular flexibility index (Phi) is 3.78. The lowest BCUT2D eigenvalue weighted by Crippen LogP contribution is -2.05. The topological polar surface area (TPSA) is 17.1 Å². The van der Waals surface area contributed by atoms with E-state index in [0.29, 0.717) is 11.7 Å². The van der Waals surface area contributed by atoms with E-state index in [1.807, 2.05) is 24.3 Å². The van der Waals surface area contributed by atoms with Gasteiger partial charge in [0.1, 0.15) is 0 Å². The fourth-order valence-electron chi connectivity index (χ4n) is 2.26. The van der Waals surface area contributed by atoms with Crippen molar-refractivity contribution in [1.82, 2.24) is 0 Å². The molecule has 2 heteroatoms. The lowest BCUT2D eigenvalue weighted by molar-refractivity contribution is 0.0962. The molecular formula is C13H15IO. The minimum absolute atomic E-state index is 0.320. The molecule has 0 atom stereocenters. The van der Waals surface area contributed by atoms with E-state index in [2.05, 4.69) is 22.6 Å². The molecule has 0 heterocycles. The third kappa shape index (κ3) is 3.03. The summed E-state index contributed by atoms with van der Waals surface area (Å²) in [6.07, 6.45) is 5.86. The van der Waals surface area contributed by atoms with E-state index < -0.39 is 0 Å². The van der Waals surface area contributed by atoms with Crippen LogP contribution in [-0.4, -0.2) is 5.78 Å². The molecule has 0 aliphatic heterocycles. The summed E-state index contributed by atoms with van der Waals surface area (Å²) in [5, 5.41) is 0. The fourth-order valence-corrected chi connectivity index (χ4v) is 2.80. The Bertz CT molecular complexity index is 353. The summed E-state index contributed by atoms with van der Waals surface area (Å²) in [6.45, 7) is 0. The molecule has 0 aromatic heterocycles. The average Bonchev–Trinajstić information content (AvgIpc) is 2.70. The molecule has 0 spiro atoms. The monoisotopic (exact) mass is 314 g/mol. The van der Waals surface area contributed by atoms with Gasteiger partial charge in [-0.05, 0) is 40.6 Å². The van der Waals surface area contributed by atoms with E-state index >= 15 is 0 Å². The summed E-state index contributed by atoms with van der Waals surface area (Å²) in [5.74, 6) is 0.968. The van der Waals surface area contributed by atoms with E-state index in [9.17, 15) is 4.79 Å². The molecule has 15 heavy (non-hydrogen) atoms. The molecule has 0 bridgehead atoms. The minimum atomic E-state index is 0.320. The summed E-state index contributed by atoms with van der Waals surface area (Å²) in [7, 11) is 0. The molecule has 1 fully saturated rings. The molecule has 0 amide bonds. The van der Waals surface area contributed by atoms with Crippen LogP contribution in [0.4, 0.5) is 0 Å². The van der Waals surface area contributed by atoms with E-state index in [1.54, 1.807) is 0 Å². The molecule has 0 saturated heterocycles. The van der Waals surface area contributed by atoms with Gasteiger partial charge in [-0.1, -0.05) is 37.8 Å². The molecule has 0 unspecified atom stereocenters. The van der Waals surface area contributed by atoms with Crippen LogP contribution in [0.3, 0.4) is 0 Å². The Labute approximate surface area is 104 Å². The van der Waals surface area contributed by atoms with Crippen LogP contribution in [0.1, 0.15) is 42.5 Å². The second kappa shape index (κ2) is 5.10. The van der Waals surface area contributed by atoms with Crippen molar-refractivity contribution in [2.75, 3.05) is 0 Å². The molecule has 80 valence electrons. The zero-order valence-electron chi connectivity index (χ0n) is 8.71. The molecule has 1 aliphatic carbocycles. The van der Waals surface area contributed by atoms with Crippen LogP contribution in [0.5, 0.6) is 0 Å². The van der Waals surface area contributed by atoms with E-state index in [4.69, 9.17) is 0 Å². The number of carbonyl (C=O) groups excluding carboxylic acids is 1. The van der Waals surface area contributed by atoms with Gasteiger partial charge in [0.15, 0.2) is 5.78 Å². The zero-order chi connectivity index (χ0) is 10.7. The maximum Gasteiger partial charge on any atom is 0.163 e. The van der Waals surface area contributed by atoms with Crippen molar-refractivity contribution in [3.05, 3.63) is 33.4 Å². The first-order valence-electron chi connectivity index (χ1n) is 5.54. The second-order valence-corrected chi connectivity index (χ2v) is 5.53. The second-order valence-electron chi connectivity index (χ2n) is 4.29. The molecular weight excluding hydrogens is 299 g/mol. The highest BCUT2D eigenvalue weighted by molar-refractivity contribution is 14.1. The standard InChI is InChI=1S/C13H15IO/c14-12-7-3-6-11(9-12)13(15)8-10-4-1-2-5-10/h3,6-7,9-10H,1-2,4-5,8H2. The van der Waals surface area contributed by atoms with Gasteiger partial charge in [-0.3, -0.25) is 4.79 Å². The van der Waals surface area contributed by atoms with Crippen LogP contribution in [0, 0.1) is 9.49 Å². The first kappa shape index (κ1) is 11.1. The lowest BCUT2D eigenvalue weighted by Gasteiger charge is -2.07. The molecule has 1 nitrogen and oxygen atoms in total. The van der Waals surface area contributed by atoms with Gasteiger partial charge in [0.2, 0.25) is 0 Å². The van der Waals surface area contributed by atoms with Gasteiger partial charge in [0.05, 0.1) is 0 Å². The number of ketones is 1. The number of hydrogen-bond acceptors (Lipinski definition) is 1. The third-order valence-electron chi connectivity index (χ3n) is 3.10. The largest absolute Gasteiger partial charge is 0.294 e. The van der Waals surface area contributed by atoms with Crippen molar-refractivity contribution in [1.29, 1.82) is 0 Å². The number of benzene rings is 1. The first-order chi connectivity index (χ1) is 7.25. The smallest absolute Gasteiger partial charge is 0.163 e. The quantitative estimate of drug-likeness (QED) is 0.607. The minimum Gasteiger partial charge on any atom is -0.294 e. The maximum absolute atomic E-state index is 11.9. The Morgan fingerprint density at radius 3 is 2.73 bits per heavy atom. The number of rotatable bonds is 3. The van der Waals surface area contributed by atoms with Gasteiger partial charge in [0, 0.05) is 15.6 Å². The molecule has 1 saturated carbocycles.